The molecule has 0 saturated heterocycles. The zero-order valence-electron chi connectivity index (χ0n) is 10.4. The summed E-state index contributed by atoms with van der Waals surface area (Å²) in [6, 6.07) is 0. The number of carboxylic acid groups (broad SMARTS) is 1. The standard InChI is InChI=1S/C12H18O6/c1-3-11(15)17-7-6-9(2)8-18-12(16)5-4-10(13)14/h3,9H,1,4-8H2,2H3,(H,13,14). The van der Waals surface area contributed by atoms with Gasteiger partial charge in [0, 0.05) is 6.08 Å². The summed E-state index contributed by atoms with van der Waals surface area (Å²) in [5.41, 5.74) is 0. The van der Waals surface area contributed by atoms with E-state index in [0.29, 0.717) is 6.42 Å². The van der Waals surface area contributed by atoms with Crippen LogP contribution in [0.2, 0.25) is 0 Å². The summed E-state index contributed by atoms with van der Waals surface area (Å²) in [6.45, 7) is 5.52. The van der Waals surface area contributed by atoms with Crippen molar-refractivity contribution in [3.63, 3.8) is 0 Å². The molecule has 0 aromatic rings. The van der Waals surface area contributed by atoms with Crippen LogP contribution in [0.15, 0.2) is 12.7 Å². The van der Waals surface area contributed by atoms with Gasteiger partial charge in [-0.25, -0.2) is 4.79 Å². The highest BCUT2D eigenvalue weighted by molar-refractivity contribution is 5.81. The van der Waals surface area contributed by atoms with Gasteiger partial charge in [0.25, 0.3) is 0 Å². The maximum atomic E-state index is 11.1. The van der Waals surface area contributed by atoms with E-state index in [0.717, 1.165) is 6.08 Å². The summed E-state index contributed by atoms with van der Waals surface area (Å²) in [5, 5.41) is 8.37. The van der Waals surface area contributed by atoms with E-state index in [1.165, 1.54) is 0 Å². The highest BCUT2D eigenvalue weighted by atomic mass is 16.5. The smallest absolute Gasteiger partial charge is 0.330 e. The molecule has 0 saturated carbocycles. The number of esters is 2. The summed E-state index contributed by atoms with van der Waals surface area (Å²) in [6.07, 6.45) is 1.28. The molecule has 0 bridgehead atoms. The molecule has 0 aliphatic heterocycles. The van der Waals surface area contributed by atoms with Gasteiger partial charge in [0.1, 0.15) is 0 Å². The molecule has 1 N–H and O–H groups in total. The van der Waals surface area contributed by atoms with Crippen LogP contribution in [0.3, 0.4) is 0 Å². The van der Waals surface area contributed by atoms with E-state index < -0.39 is 17.9 Å². The third kappa shape index (κ3) is 9.38. The van der Waals surface area contributed by atoms with E-state index in [1.807, 2.05) is 6.92 Å². The van der Waals surface area contributed by atoms with Gasteiger partial charge >= 0.3 is 17.9 Å². The maximum absolute atomic E-state index is 11.1. The highest BCUT2D eigenvalue weighted by Crippen LogP contribution is 2.04. The summed E-state index contributed by atoms with van der Waals surface area (Å²) in [5.74, 6) is -2.01. The molecular weight excluding hydrogens is 240 g/mol. The summed E-state index contributed by atoms with van der Waals surface area (Å²) in [7, 11) is 0. The van der Waals surface area contributed by atoms with Gasteiger partial charge in [-0.15, -0.1) is 0 Å². The molecule has 6 nitrogen and oxygen atoms in total. The van der Waals surface area contributed by atoms with E-state index in [1.54, 1.807) is 0 Å². The number of carbonyl (C=O) groups excluding carboxylic acids is 2. The van der Waals surface area contributed by atoms with Crippen LogP contribution in [0, 0.1) is 5.92 Å². The molecule has 0 spiro atoms. The Morgan fingerprint density at radius 3 is 2.50 bits per heavy atom. The Morgan fingerprint density at radius 1 is 1.28 bits per heavy atom. The van der Waals surface area contributed by atoms with Crippen LogP contribution in [-0.2, 0) is 23.9 Å². The van der Waals surface area contributed by atoms with E-state index in [-0.39, 0.29) is 32.0 Å². The van der Waals surface area contributed by atoms with Gasteiger partial charge in [0.2, 0.25) is 0 Å². The summed E-state index contributed by atoms with van der Waals surface area (Å²) >= 11 is 0. The number of hydrogen-bond donors (Lipinski definition) is 1. The molecule has 0 fully saturated rings. The summed E-state index contributed by atoms with van der Waals surface area (Å²) in [4.78, 5) is 32.0. The van der Waals surface area contributed by atoms with Crippen molar-refractivity contribution in [2.75, 3.05) is 13.2 Å². The van der Waals surface area contributed by atoms with Crippen LogP contribution in [0.25, 0.3) is 0 Å². The Bertz CT molecular complexity index is 310. The van der Waals surface area contributed by atoms with Crippen LogP contribution in [-0.4, -0.2) is 36.2 Å². The zero-order chi connectivity index (χ0) is 14.0. The number of aliphatic carboxylic acids is 1. The normalized spacial score (nSPS) is 11.4. The second-order valence-electron chi connectivity index (χ2n) is 3.84. The highest BCUT2D eigenvalue weighted by Gasteiger charge is 2.10. The molecule has 0 heterocycles. The van der Waals surface area contributed by atoms with Gasteiger partial charge in [0.15, 0.2) is 0 Å². The minimum atomic E-state index is -1.03. The molecule has 0 radical (unpaired) electrons. The second-order valence-corrected chi connectivity index (χ2v) is 3.84. The van der Waals surface area contributed by atoms with Gasteiger partial charge in [-0.05, 0) is 12.3 Å². The van der Waals surface area contributed by atoms with Gasteiger partial charge in [-0.3, -0.25) is 9.59 Å². The van der Waals surface area contributed by atoms with Gasteiger partial charge in [-0.2, -0.15) is 0 Å². The maximum Gasteiger partial charge on any atom is 0.330 e. The van der Waals surface area contributed by atoms with E-state index in [9.17, 15) is 14.4 Å². The monoisotopic (exact) mass is 258 g/mol. The van der Waals surface area contributed by atoms with Crippen molar-refractivity contribution < 1.29 is 29.0 Å². The van der Waals surface area contributed by atoms with Crippen molar-refractivity contribution in [2.45, 2.75) is 26.2 Å². The Hall–Kier alpha value is -1.85. The van der Waals surface area contributed by atoms with Crippen molar-refractivity contribution in [3.05, 3.63) is 12.7 Å². The molecule has 0 aromatic carbocycles. The topological polar surface area (TPSA) is 89.9 Å². The van der Waals surface area contributed by atoms with Gasteiger partial charge in [0.05, 0.1) is 26.1 Å². The second kappa shape index (κ2) is 9.21. The average molecular weight is 258 g/mol. The Balaban J connectivity index is 3.60. The van der Waals surface area contributed by atoms with Crippen molar-refractivity contribution in [2.24, 2.45) is 5.92 Å². The molecule has 0 amide bonds. The first-order valence-corrected chi connectivity index (χ1v) is 5.62. The Labute approximate surface area is 106 Å². The molecule has 1 unspecified atom stereocenters. The lowest BCUT2D eigenvalue weighted by Crippen LogP contribution is -2.15. The number of rotatable bonds is 9. The lowest BCUT2D eigenvalue weighted by atomic mass is 10.1. The van der Waals surface area contributed by atoms with Gasteiger partial charge < -0.3 is 14.6 Å². The first-order chi connectivity index (χ1) is 8.45. The van der Waals surface area contributed by atoms with Crippen molar-refractivity contribution in [3.8, 4) is 0 Å². The average Bonchev–Trinajstić information content (AvgIpc) is 2.33. The summed E-state index contributed by atoms with van der Waals surface area (Å²) < 4.78 is 9.65. The fourth-order valence-electron chi connectivity index (χ4n) is 1.02. The Kier molecular flexibility index (Phi) is 8.26. The molecule has 1 atom stereocenters. The van der Waals surface area contributed by atoms with Crippen LogP contribution in [0.5, 0.6) is 0 Å². The molecule has 0 aliphatic rings. The fourth-order valence-corrected chi connectivity index (χ4v) is 1.02. The Morgan fingerprint density at radius 2 is 1.94 bits per heavy atom. The zero-order valence-corrected chi connectivity index (χ0v) is 10.4. The van der Waals surface area contributed by atoms with Crippen LogP contribution in [0.4, 0.5) is 0 Å². The molecule has 18 heavy (non-hydrogen) atoms. The lowest BCUT2D eigenvalue weighted by Gasteiger charge is -2.11. The molecular formula is C12H18O6. The van der Waals surface area contributed by atoms with E-state index in [2.05, 4.69) is 6.58 Å². The lowest BCUT2D eigenvalue weighted by molar-refractivity contribution is -0.149. The first kappa shape index (κ1) is 16.1. The quantitative estimate of drug-likeness (QED) is 0.493. The fraction of sp³-hybridized carbons (Fsp3) is 0.583. The van der Waals surface area contributed by atoms with Crippen LogP contribution < -0.4 is 0 Å². The number of carbonyl (C=O) groups is 3. The van der Waals surface area contributed by atoms with Crippen LogP contribution >= 0.6 is 0 Å². The SMILES string of the molecule is C=CC(=O)OCCC(C)COC(=O)CCC(=O)O. The molecule has 0 rings (SSSR count). The molecule has 0 aliphatic carbocycles. The van der Waals surface area contributed by atoms with E-state index in [4.69, 9.17) is 14.6 Å². The molecule has 102 valence electrons. The predicted molar refractivity (Wildman–Crippen MR) is 62.8 cm³/mol. The molecule has 6 heteroatoms. The first-order valence-electron chi connectivity index (χ1n) is 5.62. The van der Waals surface area contributed by atoms with Crippen molar-refractivity contribution in [1.82, 2.24) is 0 Å². The van der Waals surface area contributed by atoms with Crippen molar-refractivity contribution >= 4 is 17.9 Å². The predicted octanol–water partition coefficient (Wildman–Crippen LogP) is 1.15. The van der Waals surface area contributed by atoms with E-state index >= 15 is 0 Å². The van der Waals surface area contributed by atoms with Gasteiger partial charge in [-0.1, -0.05) is 13.5 Å². The number of ether oxygens (including phenoxy) is 2. The minimum absolute atomic E-state index is 0.0383. The third-order valence-electron chi connectivity index (χ3n) is 2.09. The minimum Gasteiger partial charge on any atom is -0.481 e. The van der Waals surface area contributed by atoms with Crippen molar-refractivity contribution in [1.29, 1.82) is 0 Å². The van der Waals surface area contributed by atoms with Crippen LogP contribution in [0.1, 0.15) is 26.2 Å². The largest absolute Gasteiger partial charge is 0.481 e. The third-order valence-corrected chi connectivity index (χ3v) is 2.09. The number of hydrogen-bond acceptors (Lipinski definition) is 5. The molecule has 0 aromatic heterocycles. The number of carboxylic acids is 1.